The molecule has 0 saturated carbocycles. The maximum atomic E-state index is 12.4. The van der Waals surface area contributed by atoms with Crippen molar-refractivity contribution >= 4 is 24.1 Å². The first-order chi connectivity index (χ1) is 17.6. The Kier molecular flexibility index (Phi) is 8.52. The minimum absolute atomic E-state index is 0.487. The van der Waals surface area contributed by atoms with E-state index in [1.54, 1.807) is 7.11 Å². The summed E-state index contributed by atoms with van der Waals surface area (Å²) in [5.41, 5.74) is 10.5. The topological polar surface area (TPSA) is 105 Å². The first-order valence-electron chi connectivity index (χ1n) is 12.3. The summed E-state index contributed by atoms with van der Waals surface area (Å²) in [5.74, 6) is 2.02. The number of nitrogens with zero attached hydrogens (tertiary/aromatic N) is 3. The van der Waals surface area contributed by atoms with Crippen LogP contribution in [0.25, 0.3) is 6.08 Å². The molecule has 1 atom stereocenters. The molecule has 0 aliphatic carbocycles. The summed E-state index contributed by atoms with van der Waals surface area (Å²) in [7, 11) is 1.65. The number of carbonyl (C=O) groups is 1. The molecule has 4 rings (SSSR count). The second-order valence-corrected chi connectivity index (χ2v) is 8.77. The standard InChI is InChI=1S/C28H34N6O2/c1-3-4-14-30-27-26-24(32-28(33-27)31-17-21-9-11-23(36-2)12-10-21)13-15-34(25(26)19-35)18-22-7-5-20(16-29)6-8-22/h5-13,15,19,25H,3-4,14,16-18,29H2,1-2H3,(H2,30,31,32,33). The van der Waals surface area contributed by atoms with Crippen LogP contribution in [0.5, 0.6) is 5.75 Å². The molecule has 0 saturated heterocycles. The van der Waals surface area contributed by atoms with Gasteiger partial charge in [-0.2, -0.15) is 4.98 Å². The number of hydrogen-bond donors (Lipinski definition) is 3. The second kappa shape index (κ2) is 12.2. The number of unbranched alkanes of at least 4 members (excludes halogenated alkanes) is 1. The van der Waals surface area contributed by atoms with Gasteiger partial charge >= 0.3 is 0 Å². The van der Waals surface area contributed by atoms with E-state index in [1.807, 2.05) is 53.6 Å². The molecule has 8 nitrogen and oxygen atoms in total. The number of anilines is 2. The number of aromatic nitrogens is 2. The highest BCUT2D eigenvalue weighted by atomic mass is 16.5. The largest absolute Gasteiger partial charge is 0.497 e. The lowest BCUT2D eigenvalue weighted by Gasteiger charge is -2.32. The maximum absolute atomic E-state index is 12.4. The highest BCUT2D eigenvalue weighted by Crippen LogP contribution is 2.34. The molecule has 2 heterocycles. The summed E-state index contributed by atoms with van der Waals surface area (Å²) in [6.07, 6.45) is 6.93. The number of benzene rings is 2. The average molecular weight is 487 g/mol. The van der Waals surface area contributed by atoms with Gasteiger partial charge in [0, 0.05) is 32.4 Å². The Morgan fingerprint density at radius 1 is 1.03 bits per heavy atom. The van der Waals surface area contributed by atoms with Crippen molar-refractivity contribution in [1.29, 1.82) is 0 Å². The van der Waals surface area contributed by atoms with Gasteiger partial charge < -0.3 is 30.8 Å². The summed E-state index contributed by atoms with van der Waals surface area (Å²) >= 11 is 0. The van der Waals surface area contributed by atoms with Crippen molar-refractivity contribution in [2.24, 2.45) is 5.73 Å². The Labute approximate surface area is 212 Å². The Hall–Kier alpha value is -3.91. The highest BCUT2D eigenvalue weighted by Gasteiger charge is 2.29. The first-order valence-corrected chi connectivity index (χ1v) is 12.3. The third-order valence-corrected chi connectivity index (χ3v) is 6.24. The number of ether oxygens (including phenoxy) is 1. The summed E-state index contributed by atoms with van der Waals surface area (Å²) in [5, 5.41) is 6.78. The molecule has 3 aromatic rings. The van der Waals surface area contributed by atoms with Crippen molar-refractivity contribution < 1.29 is 9.53 Å². The molecular weight excluding hydrogens is 452 g/mol. The van der Waals surface area contributed by atoms with Crippen LogP contribution in [0, 0.1) is 0 Å². The number of nitrogens with two attached hydrogens (primary N) is 1. The third-order valence-electron chi connectivity index (χ3n) is 6.24. The number of methoxy groups -OCH3 is 1. The average Bonchev–Trinajstić information content (AvgIpc) is 2.92. The van der Waals surface area contributed by atoms with Crippen molar-refractivity contribution in [1.82, 2.24) is 14.9 Å². The van der Waals surface area contributed by atoms with E-state index in [0.717, 1.165) is 59.4 Å². The molecule has 0 spiro atoms. The van der Waals surface area contributed by atoms with Crippen LogP contribution in [0.1, 0.15) is 53.8 Å². The van der Waals surface area contributed by atoms with E-state index in [0.29, 0.717) is 31.4 Å². The molecule has 8 heteroatoms. The van der Waals surface area contributed by atoms with Gasteiger partial charge in [0.1, 0.15) is 23.9 Å². The zero-order chi connectivity index (χ0) is 25.3. The Balaban J connectivity index is 1.58. The zero-order valence-electron chi connectivity index (χ0n) is 20.9. The molecule has 1 aliphatic heterocycles. The minimum atomic E-state index is -0.487. The van der Waals surface area contributed by atoms with Crippen LogP contribution in [0.2, 0.25) is 0 Å². The van der Waals surface area contributed by atoms with E-state index in [-0.39, 0.29) is 0 Å². The van der Waals surface area contributed by atoms with Crippen LogP contribution in [-0.2, 0) is 24.4 Å². The molecule has 4 N–H and O–H groups in total. The van der Waals surface area contributed by atoms with Gasteiger partial charge in [-0.05, 0) is 41.3 Å². The molecular formula is C28H34N6O2. The third kappa shape index (κ3) is 6.01. The molecule has 1 unspecified atom stereocenters. The molecule has 0 fully saturated rings. The first kappa shape index (κ1) is 25.2. The Morgan fingerprint density at radius 3 is 2.42 bits per heavy atom. The van der Waals surface area contributed by atoms with Crippen LogP contribution >= 0.6 is 0 Å². The lowest BCUT2D eigenvalue weighted by molar-refractivity contribution is -0.112. The zero-order valence-corrected chi connectivity index (χ0v) is 20.9. The monoisotopic (exact) mass is 486 g/mol. The quantitative estimate of drug-likeness (QED) is 0.254. The van der Waals surface area contributed by atoms with E-state index in [9.17, 15) is 4.79 Å². The number of hydrogen-bond acceptors (Lipinski definition) is 8. The van der Waals surface area contributed by atoms with E-state index < -0.39 is 6.04 Å². The van der Waals surface area contributed by atoms with Crippen molar-refractivity contribution in [3.05, 3.63) is 82.7 Å². The van der Waals surface area contributed by atoms with E-state index in [4.69, 9.17) is 20.4 Å². The molecule has 36 heavy (non-hydrogen) atoms. The van der Waals surface area contributed by atoms with Crippen molar-refractivity contribution in [3.63, 3.8) is 0 Å². The number of rotatable bonds is 12. The van der Waals surface area contributed by atoms with Gasteiger partial charge in [0.15, 0.2) is 0 Å². The van der Waals surface area contributed by atoms with Crippen molar-refractivity contribution in [2.45, 2.75) is 45.4 Å². The fraction of sp³-hybridized carbons (Fsp3) is 0.321. The molecule has 0 bridgehead atoms. The van der Waals surface area contributed by atoms with Gasteiger partial charge in [-0.3, -0.25) is 0 Å². The number of aldehydes is 1. The molecule has 2 aromatic carbocycles. The molecule has 0 radical (unpaired) electrons. The summed E-state index contributed by atoms with van der Waals surface area (Å²) in [6.45, 7) is 4.59. The van der Waals surface area contributed by atoms with Crippen molar-refractivity contribution in [2.75, 3.05) is 24.3 Å². The van der Waals surface area contributed by atoms with Gasteiger partial charge in [-0.25, -0.2) is 4.98 Å². The van der Waals surface area contributed by atoms with E-state index >= 15 is 0 Å². The molecule has 0 amide bonds. The smallest absolute Gasteiger partial charge is 0.225 e. The molecule has 188 valence electrons. The van der Waals surface area contributed by atoms with Gasteiger partial charge in [0.2, 0.25) is 5.95 Å². The van der Waals surface area contributed by atoms with Crippen LogP contribution in [0.4, 0.5) is 11.8 Å². The second-order valence-electron chi connectivity index (χ2n) is 8.77. The predicted octanol–water partition coefficient (Wildman–Crippen LogP) is 4.49. The summed E-state index contributed by atoms with van der Waals surface area (Å²) in [4.78, 5) is 23.9. The summed E-state index contributed by atoms with van der Waals surface area (Å²) in [6, 6.07) is 15.5. The molecule has 1 aromatic heterocycles. The normalized spacial score (nSPS) is 14.3. The van der Waals surface area contributed by atoms with Crippen LogP contribution < -0.4 is 21.1 Å². The SMILES string of the molecule is CCCCNc1nc(NCc2ccc(OC)cc2)nc2c1C(C=O)N(Cc1ccc(CN)cc1)C=C2. The van der Waals surface area contributed by atoms with Gasteiger partial charge in [-0.15, -0.1) is 0 Å². The number of nitrogens with one attached hydrogen (secondary N) is 2. The predicted molar refractivity (Wildman–Crippen MR) is 143 cm³/mol. The summed E-state index contributed by atoms with van der Waals surface area (Å²) < 4.78 is 5.24. The number of carbonyl (C=O) groups excluding carboxylic acids is 1. The maximum Gasteiger partial charge on any atom is 0.225 e. The van der Waals surface area contributed by atoms with E-state index in [1.165, 1.54) is 0 Å². The van der Waals surface area contributed by atoms with Gasteiger partial charge in [-0.1, -0.05) is 49.7 Å². The van der Waals surface area contributed by atoms with Crippen LogP contribution in [-0.4, -0.2) is 34.8 Å². The fourth-order valence-corrected chi connectivity index (χ4v) is 4.14. The van der Waals surface area contributed by atoms with Crippen LogP contribution in [0.15, 0.2) is 54.7 Å². The lowest BCUT2D eigenvalue weighted by atomic mass is 10.0. The van der Waals surface area contributed by atoms with Gasteiger partial charge in [0.25, 0.3) is 0 Å². The van der Waals surface area contributed by atoms with Crippen molar-refractivity contribution in [3.8, 4) is 5.75 Å². The van der Waals surface area contributed by atoms with E-state index in [2.05, 4.69) is 29.7 Å². The lowest BCUT2D eigenvalue weighted by Crippen LogP contribution is -2.29. The Morgan fingerprint density at radius 2 is 1.75 bits per heavy atom. The van der Waals surface area contributed by atoms with Gasteiger partial charge in [0.05, 0.1) is 18.4 Å². The van der Waals surface area contributed by atoms with Crippen LogP contribution in [0.3, 0.4) is 0 Å². The number of fused-ring (bicyclic) bond motifs is 1. The highest BCUT2D eigenvalue weighted by molar-refractivity contribution is 5.74. The minimum Gasteiger partial charge on any atom is -0.497 e. The fourth-order valence-electron chi connectivity index (χ4n) is 4.14. The molecule has 1 aliphatic rings. The Bertz CT molecular complexity index is 1180.